The largest absolute Gasteiger partial charge is 0.482 e. The van der Waals surface area contributed by atoms with Gasteiger partial charge in [0.05, 0.1) is 25.8 Å². The minimum absolute atomic E-state index is 0.169. The molecule has 0 bridgehead atoms. The molecule has 7 nitrogen and oxygen atoms in total. The molecule has 1 aliphatic rings. The zero-order chi connectivity index (χ0) is 17.7. The number of hydrogen-bond donors (Lipinski definition) is 2. The summed E-state index contributed by atoms with van der Waals surface area (Å²) in [6.45, 7) is 1.60. The zero-order valence-corrected chi connectivity index (χ0v) is 14.4. The predicted molar refractivity (Wildman–Crippen MR) is 90.3 cm³/mol. The number of allylic oxidation sites excluding steroid dienone is 1. The fourth-order valence-electron chi connectivity index (χ4n) is 2.28. The minimum atomic E-state index is -0.462. The maximum Gasteiger partial charge on any atom is 0.343 e. The maximum absolute atomic E-state index is 12.1. The fourth-order valence-corrected chi connectivity index (χ4v) is 2.55. The normalized spacial score (nSPS) is 16.8. The van der Waals surface area contributed by atoms with E-state index in [1.54, 1.807) is 31.2 Å². The number of thiocarbonyl (C=S) groups is 1. The topological polar surface area (TPSA) is 85.9 Å². The van der Waals surface area contributed by atoms with Crippen molar-refractivity contribution in [3.05, 3.63) is 41.1 Å². The molecule has 1 unspecified atom stereocenters. The summed E-state index contributed by atoms with van der Waals surface area (Å²) in [6, 6.07) is 6.55. The first kappa shape index (κ1) is 17.7. The molecule has 128 valence electrons. The molecular weight excluding hydrogens is 332 g/mol. The van der Waals surface area contributed by atoms with Gasteiger partial charge in [0.25, 0.3) is 0 Å². The number of carbonyl (C=O) groups is 2. The number of ether oxygens (including phenoxy) is 3. The lowest BCUT2D eigenvalue weighted by Crippen LogP contribution is -2.45. The van der Waals surface area contributed by atoms with E-state index in [0.717, 1.165) is 5.56 Å². The lowest BCUT2D eigenvalue weighted by molar-refractivity contribution is -0.143. The highest BCUT2D eigenvalue weighted by molar-refractivity contribution is 7.80. The van der Waals surface area contributed by atoms with E-state index < -0.39 is 18.0 Å². The highest BCUT2D eigenvalue weighted by Gasteiger charge is 2.30. The van der Waals surface area contributed by atoms with Crippen LogP contribution in [0.15, 0.2) is 35.5 Å². The van der Waals surface area contributed by atoms with Gasteiger partial charge in [-0.15, -0.1) is 0 Å². The van der Waals surface area contributed by atoms with E-state index in [1.165, 1.54) is 14.2 Å². The summed E-state index contributed by atoms with van der Waals surface area (Å²) in [5.74, 6) is -0.386. The lowest BCUT2D eigenvalue weighted by Gasteiger charge is -2.29. The van der Waals surface area contributed by atoms with Crippen LogP contribution in [0.2, 0.25) is 0 Å². The Balaban J connectivity index is 2.22. The van der Waals surface area contributed by atoms with Gasteiger partial charge in [-0.25, -0.2) is 9.59 Å². The molecule has 2 rings (SSSR count). The van der Waals surface area contributed by atoms with Gasteiger partial charge in [-0.2, -0.15) is 0 Å². The lowest BCUT2D eigenvalue weighted by atomic mass is 9.95. The Labute approximate surface area is 145 Å². The summed E-state index contributed by atoms with van der Waals surface area (Å²) >= 11 is 5.16. The SMILES string of the molecule is COC(=O)COc1ccc(C2NC(=S)NC(C)=C2C(=O)OC)cc1. The van der Waals surface area contributed by atoms with Gasteiger partial charge in [0, 0.05) is 5.70 Å². The molecule has 24 heavy (non-hydrogen) atoms. The Bertz CT molecular complexity index is 684. The van der Waals surface area contributed by atoms with Crippen LogP contribution in [0.1, 0.15) is 18.5 Å². The Morgan fingerprint density at radius 2 is 1.83 bits per heavy atom. The van der Waals surface area contributed by atoms with Crippen LogP contribution in [0.25, 0.3) is 0 Å². The van der Waals surface area contributed by atoms with Gasteiger partial charge < -0.3 is 24.8 Å². The van der Waals surface area contributed by atoms with Gasteiger partial charge in [-0.1, -0.05) is 12.1 Å². The monoisotopic (exact) mass is 350 g/mol. The number of methoxy groups -OCH3 is 2. The summed E-state index contributed by atoms with van der Waals surface area (Å²) in [4.78, 5) is 23.2. The van der Waals surface area contributed by atoms with E-state index in [0.29, 0.717) is 22.1 Å². The van der Waals surface area contributed by atoms with Crippen molar-refractivity contribution in [1.82, 2.24) is 10.6 Å². The molecular formula is C16H18N2O5S. The molecule has 0 saturated carbocycles. The van der Waals surface area contributed by atoms with Gasteiger partial charge >= 0.3 is 11.9 Å². The molecule has 1 aromatic rings. The summed E-state index contributed by atoms with van der Waals surface area (Å²) in [6.07, 6.45) is 0. The standard InChI is InChI=1S/C16H18N2O5S/c1-9-13(15(20)22-3)14(18-16(24)17-9)10-4-6-11(7-5-10)23-8-12(19)21-2/h4-7,14H,8H2,1-3H3,(H2,17,18,24). The molecule has 1 heterocycles. The van der Waals surface area contributed by atoms with Gasteiger partial charge in [0.15, 0.2) is 11.7 Å². The summed E-state index contributed by atoms with van der Waals surface area (Å²) < 4.78 is 14.7. The van der Waals surface area contributed by atoms with Crippen LogP contribution in [0.4, 0.5) is 0 Å². The second-order valence-electron chi connectivity index (χ2n) is 5.00. The molecule has 0 aromatic heterocycles. The fraction of sp³-hybridized carbons (Fsp3) is 0.312. The second-order valence-corrected chi connectivity index (χ2v) is 5.40. The predicted octanol–water partition coefficient (Wildman–Crippen LogP) is 1.20. The van der Waals surface area contributed by atoms with E-state index in [2.05, 4.69) is 15.4 Å². The van der Waals surface area contributed by atoms with Crippen molar-refractivity contribution in [1.29, 1.82) is 0 Å². The van der Waals surface area contributed by atoms with E-state index in [-0.39, 0.29) is 6.61 Å². The van der Waals surface area contributed by atoms with Crippen LogP contribution in [0, 0.1) is 0 Å². The van der Waals surface area contributed by atoms with Crippen LogP contribution < -0.4 is 15.4 Å². The van der Waals surface area contributed by atoms with E-state index in [1.807, 2.05) is 0 Å². The van der Waals surface area contributed by atoms with Crippen LogP contribution in [-0.2, 0) is 19.1 Å². The first-order valence-corrected chi connectivity index (χ1v) is 7.53. The number of carbonyl (C=O) groups excluding carboxylic acids is 2. The Kier molecular flexibility index (Phi) is 5.75. The van der Waals surface area contributed by atoms with Crippen LogP contribution >= 0.6 is 12.2 Å². The van der Waals surface area contributed by atoms with E-state index >= 15 is 0 Å². The van der Waals surface area contributed by atoms with E-state index in [9.17, 15) is 9.59 Å². The summed E-state index contributed by atoms with van der Waals surface area (Å²) in [5, 5.41) is 6.40. The second kappa shape index (κ2) is 7.78. The number of nitrogens with one attached hydrogen (secondary N) is 2. The number of hydrogen-bond acceptors (Lipinski definition) is 6. The van der Waals surface area contributed by atoms with Crippen molar-refractivity contribution >= 4 is 29.3 Å². The molecule has 0 aliphatic carbocycles. The Morgan fingerprint density at radius 3 is 2.42 bits per heavy atom. The first-order chi connectivity index (χ1) is 11.5. The molecule has 0 fully saturated rings. The molecule has 0 saturated heterocycles. The molecule has 0 radical (unpaired) electrons. The van der Waals surface area contributed by atoms with Crippen molar-refractivity contribution in [2.45, 2.75) is 13.0 Å². The highest BCUT2D eigenvalue weighted by Crippen LogP contribution is 2.28. The summed E-state index contributed by atoms with van der Waals surface area (Å²) in [5.41, 5.74) is 1.90. The van der Waals surface area contributed by atoms with Crippen molar-refractivity contribution in [2.24, 2.45) is 0 Å². The molecule has 0 amide bonds. The van der Waals surface area contributed by atoms with Gasteiger partial charge in [0.1, 0.15) is 5.75 Å². The maximum atomic E-state index is 12.1. The van der Waals surface area contributed by atoms with Gasteiger partial charge in [-0.3, -0.25) is 0 Å². The molecule has 0 spiro atoms. The summed E-state index contributed by atoms with van der Waals surface area (Å²) in [7, 11) is 2.62. The molecule has 1 aliphatic heterocycles. The van der Waals surface area contributed by atoms with Crippen molar-refractivity contribution in [3.63, 3.8) is 0 Å². The average molecular weight is 350 g/mol. The molecule has 2 N–H and O–H groups in total. The molecule has 8 heteroatoms. The van der Waals surface area contributed by atoms with Gasteiger partial charge in [0.2, 0.25) is 0 Å². The van der Waals surface area contributed by atoms with Crippen molar-refractivity contribution < 1.29 is 23.8 Å². The third-order valence-corrected chi connectivity index (χ3v) is 3.69. The van der Waals surface area contributed by atoms with Crippen molar-refractivity contribution in [3.8, 4) is 5.75 Å². The van der Waals surface area contributed by atoms with Gasteiger partial charge in [-0.05, 0) is 36.8 Å². The Morgan fingerprint density at radius 1 is 1.17 bits per heavy atom. The zero-order valence-electron chi connectivity index (χ0n) is 13.5. The van der Waals surface area contributed by atoms with Crippen LogP contribution in [-0.4, -0.2) is 37.9 Å². The highest BCUT2D eigenvalue weighted by atomic mass is 32.1. The van der Waals surface area contributed by atoms with Crippen molar-refractivity contribution in [2.75, 3.05) is 20.8 Å². The smallest absolute Gasteiger partial charge is 0.343 e. The number of rotatable bonds is 5. The molecule has 1 aromatic carbocycles. The van der Waals surface area contributed by atoms with E-state index in [4.69, 9.17) is 21.7 Å². The first-order valence-electron chi connectivity index (χ1n) is 7.12. The Hall–Kier alpha value is -2.61. The van der Waals surface area contributed by atoms with Crippen LogP contribution in [0.5, 0.6) is 5.75 Å². The average Bonchev–Trinajstić information content (AvgIpc) is 2.58. The third-order valence-electron chi connectivity index (χ3n) is 3.47. The number of esters is 2. The molecule has 1 atom stereocenters. The third kappa shape index (κ3) is 4.02. The van der Waals surface area contributed by atoms with Crippen LogP contribution in [0.3, 0.4) is 0 Å². The minimum Gasteiger partial charge on any atom is -0.482 e. The number of benzene rings is 1. The quantitative estimate of drug-likeness (QED) is 0.605.